The molecule has 1 amide bonds. The van der Waals surface area contributed by atoms with E-state index in [0.29, 0.717) is 0 Å². The average molecular weight is 142 g/mol. The number of oxazole rings is 1. The molecule has 1 N–H and O–H groups in total. The molecule has 0 unspecified atom stereocenters. The fraction of sp³-hybridized carbons (Fsp3) is 0.200. The van der Waals surface area contributed by atoms with E-state index in [1.54, 1.807) is 0 Å². The van der Waals surface area contributed by atoms with E-state index in [1.165, 1.54) is 19.7 Å². The molecule has 1 aromatic heterocycles. The number of nitrogens with zero attached hydrogens (tertiary/aromatic N) is 1. The van der Waals surface area contributed by atoms with Crippen LogP contribution in [0.15, 0.2) is 17.0 Å². The molecule has 1 heterocycles. The largest absolute Gasteiger partial charge is 0.438 e. The Hall–Kier alpha value is -1.36. The summed E-state index contributed by atoms with van der Waals surface area (Å²) in [5.41, 5.74) is 2.08. The summed E-state index contributed by atoms with van der Waals surface area (Å²) in [5, 5.41) is 0. The van der Waals surface area contributed by atoms with Crippen LogP contribution < -0.4 is 5.48 Å². The van der Waals surface area contributed by atoms with Crippen molar-refractivity contribution in [2.75, 3.05) is 7.11 Å². The molecule has 0 atom stereocenters. The lowest BCUT2D eigenvalue weighted by atomic mass is 10.5. The first kappa shape index (κ1) is 6.76. The summed E-state index contributed by atoms with van der Waals surface area (Å²) in [6, 6.07) is 0. The van der Waals surface area contributed by atoms with Crippen molar-refractivity contribution in [3.05, 3.63) is 18.4 Å². The Balaban J connectivity index is 2.59. The van der Waals surface area contributed by atoms with E-state index >= 15 is 0 Å². The molecule has 0 bridgehead atoms. The minimum Gasteiger partial charge on any atom is -0.438 e. The number of hydrogen-bond donors (Lipinski definition) is 1. The van der Waals surface area contributed by atoms with Gasteiger partial charge in [0, 0.05) is 0 Å². The Labute approximate surface area is 57.0 Å². The molecule has 0 radical (unpaired) electrons. The van der Waals surface area contributed by atoms with Gasteiger partial charge in [-0.3, -0.25) is 9.63 Å². The Morgan fingerprint density at radius 2 is 2.70 bits per heavy atom. The molecule has 54 valence electrons. The molecule has 0 aliphatic carbocycles. The van der Waals surface area contributed by atoms with Gasteiger partial charge in [-0.05, 0) is 0 Å². The van der Waals surface area contributed by atoms with Crippen molar-refractivity contribution < 1.29 is 14.0 Å². The van der Waals surface area contributed by atoms with Crippen molar-refractivity contribution in [2.45, 2.75) is 0 Å². The van der Waals surface area contributed by atoms with Gasteiger partial charge in [0.1, 0.15) is 0 Å². The summed E-state index contributed by atoms with van der Waals surface area (Å²) in [4.78, 5) is 18.6. The van der Waals surface area contributed by atoms with Crippen LogP contribution in [0.4, 0.5) is 0 Å². The molecule has 0 aliphatic rings. The minimum atomic E-state index is -0.444. The van der Waals surface area contributed by atoms with Gasteiger partial charge in [-0.2, -0.15) is 0 Å². The molecule has 0 saturated carbocycles. The van der Waals surface area contributed by atoms with Gasteiger partial charge in [-0.1, -0.05) is 0 Å². The zero-order valence-electron chi connectivity index (χ0n) is 5.33. The second-order valence-electron chi connectivity index (χ2n) is 1.50. The highest BCUT2D eigenvalue weighted by atomic mass is 16.6. The highest BCUT2D eigenvalue weighted by Gasteiger charge is 2.06. The number of nitrogens with one attached hydrogen (secondary N) is 1. The molecule has 0 fully saturated rings. The maximum absolute atomic E-state index is 10.7. The number of carbonyl (C=O) groups is 1. The SMILES string of the molecule is CONC(=O)c1cnco1. The van der Waals surface area contributed by atoms with Gasteiger partial charge < -0.3 is 4.42 Å². The van der Waals surface area contributed by atoms with Crippen LogP contribution in [0.2, 0.25) is 0 Å². The van der Waals surface area contributed by atoms with E-state index in [9.17, 15) is 4.79 Å². The van der Waals surface area contributed by atoms with Gasteiger partial charge >= 0.3 is 5.91 Å². The van der Waals surface area contributed by atoms with Crippen molar-refractivity contribution in [1.29, 1.82) is 0 Å². The smallest absolute Gasteiger partial charge is 0.312 e. The van der Waals surface area contributed by atoms with Crippen molar-refractivity contribution in [3.63, 3.8) is 0 Å². The highest BCUT2D eigenvalue weighted by molar-refractivity contribution is 5.90. The molecule has 0 saturated heterocycles. The fourth-order valence-corrected chi connectivity index (χ4v) is 0.471. The van der Waals surface area contributed by atoms with Gasteiger partial charge in [0.15, 0.2) is 6.39 Å². The van der Waals surface area contributed by atoms with Gasteiger partial charge in [-0.15, -0.1) is 0 Å². The van der Waals surface area contributed by atoms with Crippen molar-refractivity contribution in [2.24, 2.45) is 0 Å². The number of carbonyl (C=O) groups excluding carboxylic acids is 1. The number of aromatic nitrogens is 1. The Morgan fingerprint density at radius 1 is 1.90 bits per heavy atom. The van der Waals surface area contributed by atoms with E-state index in [4.69, 9.17) is 0 Å². The second-order valence-corrected chi connectivity index (χ2v) is 1.50. The maximum atomic E-state index is 10.7. The number of rotatable bonds is 2. The van der Waals surface area contributed by atoms with Crippen LogP contribution in [0, 0.1) is 0 Å². The topological polar surface area (TPSA) is 64.4 Å². The van der Waals surface area contributed by atoms with Crippen LogP contribution in [0.5, 0.6) is 0 Å². The lowest BCUT2D eigenvalue weighted by Crippen LogP contribution is -2.20. The van der Waals surface area contributed by atoms with Crippen LogP contribution >= 0.6 is 0 Å². The summed E-state index contributed by atoms with van der Waals surface area (Å²) in [6.07, 6.45) is 2.47. The van der Waals surface area contributed by atoms with Gasteiger partial charge in [-0.25, -0.2) is 10.5 Å². The van der Waals surface area contributed by atoms with Gasteiger partial charge in [0.2, 0.25) is 5.76 Å². The molecular formula is C5H6N2O3. The second kappa shape index (κ2) is 2.98. The third-order valence-corrected chi connectivity index (χ3v) is 0.851. The molecule has 0 aromatic carbocycles. The van der Waals surface area contributed by atoms with E-state index in [0.717, 1.165) is 0 Å². The van der Waals surface area contributed by atoms with Crippen LogP contribution in [0.3, 0.4) is 0 Å². The van der Waals surface area contributed by atoms with E-state index in [-0.39, 0.29) is 5.76 Å². The molecule has 1 aromatic rings. The number of hydroxylamine groups is 1. The zero-order valence-corrected chi connectivity index (χ0v) is 5.33. The normalized spacial score (nSPS) is 9.30. The Morgan fingerprint density at radius 3 is 3.20 bits per heavy atom. The molecule has 0 aliphatic heterocycles. The molecule has 10 heavy (non-hydrogen) atoms. The van der Waals surface area contributed by atoms with Crippen LogP contribution in [-0.2, 0) is 4.84 Å². The van der Waals surface area contributed by atoms with Crippen LogP contribution in [-0.4, -0.2) is 18.0 Å². The molecule has 1 rings (SSSR count). The van der Waals surface area contributed by atoms with Crippen molar-refractivity contribution >= 4 is 5.91 Å². The predicted octanol–water partition coefficient (Wildman–Crippen LogP) is -0.0342. The molecule has 0 spiro atoms. The van der Waals surface area contributed by atoms with E-state index in [2.05, 4.69) is 19.7 Å². The van der Waals surface area contributed by atoms with Crippen molar-refractivity contribution in [1.82, 2.24) is 10.5 Å². The third-order valence-electron chi connectivity index (χ3n) is 0.851. The summed E-state index contributed by atoms with van der Waals surface area (Å²) in [5.74, 6) is -0.318. The van der Waals surface area contributed by atoms with Gasteiger partial charge in [0.25, 0.3) is 0 Å². The van der Waals surface area contributed by atoms with E-state index in [1.807, 2.05) is 0 Å². The quantitative estimate of drug-likeness (QED) is 0.588. The first-order chi connectivity index (χ1) is 4.84. The summed E-state index contributed by atoms with van der Waals surface area (Å²) < 4.78 is 4.64. The molecular weight excluding hydrogens is 136 g/mol. The predicted molar refractivity (Wildman–Crippen MR) is 31.0 cm³/mol. The maximum Gasteiger partial charge on any atom is 0.312 e. The first-order valence-corrected chi connectivity index (χ1v) is 2.56. The Kier molecular flexibility index (Phi) is 2.01. The Bertz CT molecular complexity index is 207. The van der Waals surface area contributed by atoms with Gasteiger partial charge in [0.05, 0.1) is 13.3 Å². The minimum absolute atomic E-state index is 0.127. The van der Waals surface area contributed by atoms with E-state index < -0.39 is 5.91 Å². The molecule has 5 heteroatoms. The first-order valence-electron chi connectivity index (χ1n) is 2.56. The standard InChI is InChI=1S/C5H6N2O3/c1-9-7-5(8)4-2-6-3-10-4/h2-3H,1H3,(H,7,8). The third kappa shape index (κ3) is 1.32. The summed E-state index contributed by atoms with van der Waals surface area (Å²) in [7, 11) is 1.34. The number of amides is 1. The molecule has 5 nitrogen and oxygen atoms in total. The average Bonchev–Trinajstić information content (AvgIpc) is 2.38. The fourth-order valence-electron chi connectivity index (χ4n) is 0.471. The van der Waals surface area contributed by atoms with Crippen LogP contribution in [0.25, 0.3) is 0 Å². The van der Waals surface area contributed by atoms with Crippen molar-refractivity contribution in [3.8, 4) is 0 Å². The lowest BCUT2D eigenvalue weighted by Gasteiger charge is -1.94. The zero-order chi connectivity index (χ0) is 7.40. The van der Waals surface area contributed by atoms with Crippen LogP contribution in [0.1, 0.15) is 10.6 Å². The summed E-state index contributed by atoms with van der Waals surface area (Å²) >= 11 is 0. The number of hydrogen-bond acceptors (Lipinski definition) is 4. The lowest BCUT2D eigenvalue weighted by molar-refractivity contribution is 0.0510. The monoisotopic (exact) mass is 142 g/mol. The highest BCUT2D eigenvalue weighted by Crippen LogP contribution is 1.94. The summed E-state index contributed by atoms with van der Waals surface area (Å²) in [6.45, 7) is 0.